The summed E-state index contributed by atoms with van der Waals surface area (Å²) >= 11 is 0. The number of carbonyl (C=O) groups is 2. The Morgan fingerprint density at radius 3 is 2.44 bits per heavy atom. The van der Waals surface area contributed by atoms with E-state index in [2.05, 4.69) is 38.7 Å². The average Bonchev–Trinajstić information content (AvgIpc) is 2.83. The fourth-order valence-electron chi connectivity index (χ4n) is 3.02. The highest BCUT2D eigenvalue weighted by Gasteiger charge is 2.28. The molecule has 0 spiro atoms. The molecule has 0 heterocycles. The van der Waals surface area contributed by atoms with Crippen LogP contribution >= 0.6 is 0 Å². The molecule has 0 N–H and O–H groups in total. The zero-order valence-electron chi connectivity index (χ0n) is 18.3. The number of hydrogen-bond donors (Lipinski definition) is 0. The molecular formula is C21H38O4Si2. The first-order valence-corrected chi connectivity index (χ1v) is 17.1. The van der Waals surface area contributed by atoms with Crippen molar-refractivity contribution in [1.29, 1.82) is 0 Å². The topological polar surface area (TPSA) is 52.6 Å². The zero-order chi connectivity index (χ0) is 20.7. The predicted molar refractivity (Wildman–Crippen MR) is 117 cm³/mol. The van der Waals surface area contributed by atoms with Crippen LogP contribution in [-0.2, 0) is 14.0 Å². The first-order valence-electron chi connectivity index (χ1n) is 10.2. The van der Waals surface area contributed by atoms with E-state index in [1.165, 1.54) is 0 Å². The van der Waals surface area contributed by atoms with E-state index in [-0.39, 0.29) is 17.5 Å². The summed E-state index contributed by atoms with van der Waals surface area (Å²) in [5.41, 5.74) is 0.854. The lowest BCUT2D eigenvalue weighted by Crippen LogP contribution is -2.34. The van der Waals surface area contributed by atoms with E-state index in [1.54, 1.807) is 0 Å². The molecule has 0 aliphatic heterocycles. The zero-order valence-corrected chi connectivity index (χ0v) is 20.3. The molecule has 1 rings (SSSR count). The van der Waals surface area contributed by atoms with Gasteiger partial charge in [0.2, 0.25) is 0 Å². The molecule has 1 aliphatic carbocycles. The first kappa shape index (κ1) is 24.1. The number of rotatable bonds is 11. The van der Waals surface area contributed by atoms with Crippen molar-refractivity contribution in [2.24, 2.45) is 5.92 Å². The summed E-state index contributed by atoms with van der Waals surface area (Å²) in [6, 6.07) is 0. The Hall–Kier alpha value is -0.986. The molecule has 0 saturated heterocycles. The van der Waals surface area contributed by atoms with Crippen molar-refractivity contribution in [3.05, 3.63) is 23.8 Å². The van der Waals surface area contributed by atoms with Gasteiger partial charge in [0, 0.05) is 6.42 Å². The highest BCUT2D eigenvalue weighted by atomic mass is 28.4. The summed E-state index contributed by atoms with van der Waals surface area (Å²) in [6.07, 6.45) is 10.4. The van der Waals surface area contributed by atoms with Crippen LogP contribution in [0.3, 0.4) is 0 Å². The van der Waals surface area contributed by atoms with Gasteiger partial charge in [-0.25, -0.2) is 0 Å². The van der Waals surface area contributed by atoms with Crippen molar-refractivity contribution in [3.63, 3.8) is 0 Å². The molecule has 0 aromatic heterocycles. The lowest BCUT2D eigenvalue weighted by Gasteiger charge is -2.21. The molecule has 27 heavy (non-hydrogen) atoms. The Labute approximate surface area is 167 Å². The Balaban J connectivity index is 2.52. The number of Topliss-reactive ketones (excluding diaryl/α,β-unsaturated/α-hetero) is 1. The van der Waals surface area contributed by atoms with E-state index >= 15 is 0 Å². The maximum absolute atomic E-state index is 12.2. The molecule has 6 heteroatoms. The van der Waals surface area contributed by atoms with E-state index in [0.717, 1.165) is 24.8 Å². The Bertz CT molecular complexity index is 568. The van der Waals surface area contributed by atoms with Crippen LogP contribution in [0.15, 0.2) is 23.8 Å². The molecule has 4 nitrogen and oxygen atoms in total. The highest BCUT2D eigenvalue weighted by molar-refractivity contribution is 7.02. The van der Waals surface area contributed by atoms with Gasteiger partial charge in [-0.1, -0.05) is 45.1 Å². The second-order valence-electron chi connectivity index (χ2n) is 9.44. The van der Waals surface area contributed by atoms with Gasteiger partial charge in [-0.2, -0.15) is 0 Å². The summed E-state index contributed by atoms with van der Waals surface area (Å²) in [7, 11) is -3.49. The summed E-state index contributed by atoms with van der Waals surface area (Å²) in [4.78, 5) is 24.1. The van der Waals surface area contributed by atoms with Gasteiger partial charge in [0.15, 0.2) is 22.2 Å². The van der Waals surface area contributed by atoms with Crippen molar-refractivity contribution in [3.8, 4) is 0 Å². The van der Waals surface area contributed by atoms with Crippen molar-refractivity contribution in [2.75, 3.05) is 6.61 Å². The maximum Gasteiger partial charge on any atom is 0.271 e. The van der Waals surface area contributed by atoms with Gasteiger partial charge in [-0.3, -0.25) is 9.59 Å². The molecule has 2 atom stereocenters. The maximum atomic E-state index is 12.2. The van der Waals surface area contributed by atoms with Gasteiger partial charge >= 0.3 is 0 Å². The van der Waals surface area contributed by atoms with Crippen molar-refractivity contribution in [1.82, 2.24) is 0 Å². The molecule has 0 aromatic rings. The fraction of sp³-hybridized carbons (Fsp3) is 0.714. The third-order valence-corrected chi connectivity index (χ3v) is 6.76. The third-order valence-electron chi connectivity index (χ3n) is 4.38. The summed E-state index contributed by atoms with van der Waals surface area (Å²) in [5, 5.41) is 0. The third kappa shape index (κ3) is 9.67. The number of hydrogen-bond acceptors (Lipinski definition) is 4. The normalized spacial score (nSPS) is 19.4. The first-order chi connectivity index (χ1) is 12.4. The summed E-state index contributed by atoms with van der Waals surface area (Å²) in [5.74, 6) is 0.592. The van der Waals surface area contributed by atoms with Crippen LogP contribution in [0.1, 0.15) is 39.0 Å². The minimum Gasteiger partial charge on any atom is -0.470 e. The Kier molecular flexibility index (Phi) is 9.38. The molecule has 0 fully saturated rings. The van der Waals surface area contributed by atoms with E-state index in [9.17, 15) is 9.59 Å². The van der Waals surface area contributed by atoms with E-state index < -0.39 is 16.4 Å². The Morgan fingerprint density at radius 2 is 1.89 bits per heavy atom. The largest absolute Gasteiger partial charge is 0.470 e. The highest BCUT2D eigenvalue weighted by Crippen LogP contribution is 2.24. The molecular weight excluding hydrogens is 372 g/mol. The summed E-state index contributed by atoms with van der Waals surface area (Å²) < 4.78 is 11.5. The lowest BCUT2D eigenvalue weighted by atomic mass is 9.98. The van der Waals surface area contributed by atoms with Crippen LogP contribution in [0.2, 0.25) is 39.3 Å². The molecule has 0 amide bonds. The minimum absolute atomic E-state index is 0.0168. The smallest absolute Gasteiger partial charge is 0.271 e. The quantitative estimate of drug-likeness (QED) is 0.313. The van der Waals surface area contributed by atoms with Gasteiger partial charge in [0.05, 0.1) is 12.7 Å². The second kappa shape index (κ2) is 10.5. The second-order valence-corrected chi connectivity index (χ2v) is 18.8. The molecule has 0 aromatic carbocycles. The lowest BCUT2D eigenvalue weighted by molar-refractivity contribution is -0.115. The predicted octanol–water partition coefficient (Wildman–Crippen LogP) is 5.91. The van der Waals surface area contributed by atoms with E-state index in [0.29, 0.717) is 25.4 Å². The van der Waals surface area contributed by atoms with E-state index in [1.807, 2.05) is 25.7 Å². The number of ketones is 1. The molecule has 0 saturated carbocycles. The number of carbonyl (C=O) groups excluding carboxylic acids is 2. The van der Waals surface area contributed by atoms with Crippen LogP contribution in [0.25, 0.3) is 0 Å². The monoisotopic (exact) mass is 410 g/mol. The standard InChI is InChI=1S/C21H38O4Si2/c1-8-10-17(13-14-24-21(23)26(2,3)4)11-9-12-18-15-19(16-20(18)22)25-27(5,6)7/h9,11,15,17,19H,8,10,12-14,16H2,1-7H3/b11-9-. The summed E-state index contributed by atoms with van der Waals surface area (Å²) in [6.45, 7) is 15.1. The SMILES string of the molecule is CCCC(/C=C\CC1=CC(O[Si](C)(C)C)CC1=O)CCOC(=O)[Si](C)(C)C. The Morgan fingerprint density at radius 1 is 1.22 bits per heavy atom. The van der Waals surface area contributed by atoms with Crippen LogP contribution in [0, 0.1) is 5.92 Å². The van der Waals surface area contributed by atoms with Crippen LogP contribution in [-0.4, -0.2) is 40.5 Å². The number of ether oxygens (including phenoxy) is 1. The van der Waals surface area contributed by atoms with Crippen molar-refractivity contribution in [2.45, 2.75) is 84.4 Å². The average molecular weight is 411 g/mol. The number of allylic oxidation sites excluding steroid dienone is 3. The molecule has 2 unspecified atom stereocenters. The molecule has 154 valence electrons. The van der Waals surface area contributed by atoms with Crippen molar-refractivity contribution >= 4 is 27.8 Å². The van der Waals surface area contributed by atoms with Gasteiger partial charge in [-0.05, 0) is 56.5 Å². The molecule has 0 bridgehead atoms. The van der Waals surface area contributed by atoms with Crippen LogP contribution < -0.4 is 0 Å². The van der Waals surface area contributed by atoms with E-state index in [4.69, 9.17) is 9.16 Å². The molecule has 1 aliphatic rings. The van der Waals surface area contributed by atoms with Gasteiger partial charge in [-0.15, -0.1) is 0 Å². The minimum atomic E-state index is -1.86. The van der Waals surface area contributed by atoms with Crippen LogP contribution in [0.5, 0.6) is 0 Å². The molecule has 0 radical (unpaired) electrons. The van der Waals surface area contributed by atoms with Gasteiger partial charge in [0.25, 0.3) is 5.59 Å². The van der Waals surface area contributed by atoms with Gasteiger partial charge in [0.1, 0.15) is 0 Å². The van der Waals surface area contributed by atoms with Gasteiger partial charge < -0.3 is 9.16 Å². The van der Waals surface area contributed by atoms with Crippen LogP contribution in [0.4, 0.5) is 4.79 Å². The fourth-order valence-corrected chi connectivity index (χ4v) is 4.61. The van der Waals surface area contributed by atoms with Crippen molar-refractivity contribution < 1.29 is 18.8 Å².